The van der Waals surface area contributed by atoms with Gasteiger partial charge in [0.15, 0.2) is 12.2 Å². The van der Waals surface area contributed by atoms with Crippen molar-refractivity contribution in [3.63, 3.8) is 0 Å². The van der Waals surface area contributed by atoms with Gasteiger partial charge in [-0.2, -0.15) is 0 Å². The Labute approximate surface area is 173 Å². The third-order valence-electron chi connectivity index (χ3n) is 4.46. The van der Waals surface area contributed by atoms with Crippen LogP contribution in [-0.4, -0.2) is 52.6 Å². The van der Waals surface area contributed by atoms with Crippen LogP contribution in [0.15, 0.2) is 60.7 Å². The summed E-state index contributed by atoms with van der Waals surface area (Å²) in [4.78, 5) is 34.2. The molecule has 158 valence electrons. The molecular weight excluding hydrogens is 415 g/mol. The molecular formula is C20H20O9P+. The zero-order valence-electron chi connectivity index (χ0n) is 15.9. The van der Waals surface area contributed by atoms with Gasteiger partial charge in [-0.1, -0.05) is 40.9 Å². The average Bonchev–Trinajstić information content (AvgIpc) is 2.74. The minimum absolute atomic E-state index is 0.186. The number of carbonyl (C=O) groups excluding carboxylic acids is 2. The molecule has 6 atom stereocenters. The van der Waals surface area contributed by atoms with Gasteiger partial charge in [0.2, 0.25) is 0 Å². The average molecular weight is 435 g/mol. The van der Waals surface area contributed by atoms with Gasteiger partial charge < -0.3 is 19.3 Å². The van der Waals surface area contributed by atoms with Crippen LogP contribution in [-0.2, 0) is 23.3 Å². The van der Waals surface area contributed by atoms with Crippen molar-refractivity contribution in [1.29, 1.82) is 0 Å². The highest BCUT2D eigenvalue weighted by Crippen LogP contribution is 2.32. The predicted octanol–water partition coefficient (Wildman–Crippen LogP) is 2.21. The molecule has 3 rings (SSSR count). The van der Waals surface area contributed by atoms with Crippen molar-refractivity contribution in [2.45, 2.75) is 37.6 Å². The molecule has 9 nitrogen and oxygen atoms in total. The molecule has 0 aliphatic carbocycles. The Bertz CT molecular complexity index is 890. The summed E-state index contributed by atoms with van der Waals surface area (Å²) in [6.45, 7) is 1.46. The molecule has 1 aliphatic rings. The molecule has 30 heavy (non-hydrogen) atoms. The quantitative estimate of drug-likeness (QED) is 0.518. The first-order valence-corrected chi connectivity index (χ1v) is 10.2. The van der Waals surface area contributed by atoms with E-state index < -0.39 is 50.9 Å². The van der Waals surface area contributed by atoms with Gasteiger partial charge in [0.25, 0.3) is 6.29 Å². The normalized spacial score (nSPS) is 26.5. The number of hydrogen-bond donors (Lipinski definition) is 2. The first-order valence-electron chi connectivity index (χ1n) is 9.05. The lowest BCUT2D eigenvalue weighted by atomic mass is 9.99. The third-order valence-corrected chi connectivity index (χ3v) is 4.85. The second kappa shape index (κ2) is 9.88. The number of aliphatic hydroxyl groups excluding tert-OH is 1. The highest BCUT2D eigenvalue weighted by Gasteiger charge is 2.52. The van der Waals surface area contributed by atoms with Crippen molar-refractivity contribution in [2.24, 2.45) is 0 Å². The van der Waals surface area contributed by atoms with E-state index in [1.54, 1.807) is 36.4 Å². The van der Waals surface area contributed by atoms with E-state index in [0.29, 0.717) is 0 Å². The Balaban J connectivity index is 1.88. The molecule has 1 heterocycles. The van der Waals surface area contributed by atoms with Crippen molar-refractivity contribution in [1.82, 2.24) is 0 Å². The van der Waals surface area contributed by atoms with Crippen LogP contribution in [0.4, 0.5) is 0 Å². The van der Waals surface area contributed by atoms with Crippen molar-refractivity contribution in [3.8, 4) is 0 Å². The Morgan fingerprint density at radius 2 is 1.37 bits per heavy atom. The summed E-state index contributed by atoms with van der Waals surface area (Å²) in [6, 6.07) is 16.0. The minimum atomic E-state index is -3.13. The van der Waals surface area contributed by atoms with Crippen LogP contribution in [0, 0.1) is 0 Å². The van der Waals surface area contributed by atoms with Crippen molar-refractivity contribution in [2.75, 3.05) is 0 Å². The maximum Gasteiger partial charge on any atom is 0.697 e. The summed E-state index contributed by atoms with van der Waals surface area (Å²) >= 11 is 0. The molecule has 2 aromatic carbocycles. The molecule has 1 aliphatic heterocycles. The first-order chi connectivity index (χ1) is 14.4. The number of hydrogen-bond acceptors (Lipinski definition) is 8. The van der Waals surface area contributed by atoms with Crippen LogP contribution < -0.4 is 0 Å². The number of esters is 2. The molecule has 0 aromatic heterocycles. The zero-order valence-corrected chi connectivity index (χ0v) is 16.8. The number of benzene rings is 2. The summed E-state index contributed by atoms with van der Waals surface area (Å²) in [5, 5.41) is 10.6. The van der Waals surface area contributed by atoms with Crippen molar-refractivity contribution in [3.05, 3.63) is 71.8 Å². The molecule has 1 unspecified atom stereocenters. The predicted molar refractivity (Wildman–Crippen MR) is 103 cm³/mol. The minimum Gasteiger partial charge on any atom is -0.452 e. The Kier molecular flexibility index (Phi) is 7.25. The third kappa shape index (κ3) is 5.27. The number of ether oxygens (including phenoxy) is 3. The van der Waals surface area contributed by atoms with E-state index in [9.17, 15) is 19.3 Å². The standard InChI is InChI=1S/C20H19O9P/c1-12-15(21)16(27-18(22)13-8-4-2-5-9-13)17(20(26-12)29-30(24)25)28-19(23)14-10-6-3-7-11-14/h2-12,15-17,20-21H,1H3/p+1/t12-,15-,16+,17-,20-/m1/s1. The van der Waals surface area contributed by atoms with E-state index in [1.165, 1.54) is 31.2 Å². The van der Waals surface area contributed by atoms with Gasteiger partial charge in [0.1, 0.15) is 6.10 Å². The lowest BCUT2D eigenvalue weighted by molar-refractivity contribution is -0.267. The van der Waals surface area contributed by atoms with E-state index in [-0.39, 0.29) is 11.1 Å². The van der Waals surface area contributed by atoms with Crippen LogP contribution in [0.5, 0.6) is 0 Å². The Hall–Kier alpha value is -2.68. The largest absolute Gasteiger partial charge is 0.697 e. The highest BCUT2D eigenvalue weighted by molar-refractivity contribution is 7.32. The van der Waals surface area contributed by atoms with Crippen LogP contribution in [0.1, 0.15) is 27.6 Å². The number of rotatable bonds is 6. The summed E-state index contributed by atoms with van der Waals surface area (Å²) in [7, 11) is -3.13. The summed E-state index contributed by atoms with van der Waals surface area (Å²) in [6.07, 6.45) is -6.78. The fourth-order valence-electron chi connectivity index (χ4n) is 2.95. The molecule has 2 N–H and O–H groups in total. The monoisotopic (exact) mass is 435 g/mol. The van der Waals surface area contributed by atoms with E-state index in [0.717, 1.165) is 0 Å². The second-order valence-corrected chi connectivity index (χ2v) is 7.20. The van der Waals surface area contributed by atoms with Gasteiger partial charge >= 0.3 is 20.2 Å². The van der Waals surface area contributed by atoms with E-state index in [1.807, 2.05) is 0 Å². The van der Waals surface area contributed by atoms with Gasteiger partial charge in [-0.15, -0.1) is 4.89 Å². The molecule has 0 amide bonds. The fraction of sp³-hybridized carbons (Fsp3) is 0.300. The second-order valence-electron chi connectivity index (χ2n) is 6.52. The Morgan fingerprint density at radius 1 is 0.900 bits per heavy atom. The molecule has 10 heteroatoms. The van der Waals surface area contributed by atoms with E-state index in [2.05, 4.69) is 0 Å². The molecule has 0 saturated carbocycles. The molecule has 2 aromatic rings. The molecule has 0 bridgehead atoms. The van der Waals surface area contributed by atoms with Crippen LogP contribution >= 0.6 is 8.25 Å². The number of carbonyl (C=O) groups is 2. The highest BCUT2D eigenvalue weighted by atomic mass is 31.1. The molecule has 0 radical (unpaired) electrons. The summed E-state index contributed by atoms with van der Waals surface area (Å²) in [5.74, 6) is -1.59. The smallest absolute Gasteiger partial charge is 0.452 e. The first kappa shape index (κ1) is 22.0. The molecule has 1 fully saturated rings. The van der Waals surface area contributed by atoms with Crippen LogP contribution in [0.25, 0.3) is 0 Å². The molecule has 1 saturated heterocycles. The SMILES string of the molecule is C[C@H]1O[C@H](O[P+](=O)O)[C@H](OC(=O)c2ccccc2)[C@@H](OC(=O)c2ccccc2)[C@@H]1O. The zero-order chi connectivity index (χ0) is 21.7. The maximum atomic E-state index is 12.5. The lowest BCUT2D eigenvalue weighted by Crippen LogP contribution is -2.59. The van der Waals surface area contributed by atoms with E-state index in [4.69, 9.17) is 23.6 Å². The maximum absolute atomic E-state index is 12.5. The van der Waals surface area contributed by atoms with E-state index >= 15 is 0 Å². The lowest BCUT2D eigenvalue weighted by Gasteiger charge is -2.40. The molecule has 0 spiro atoms. The number of aliphatic hydroxyl groups is 1. The van der Waals surface area contributed by atoms with Gasteiger partial charge in [0.05, 0.1) is 17.2 Å². The van der Waals surface area contributed by atoms with Crippen molar-refractivity contribution < 1.29 is 42.9 Å². The van der Waals surface area contributed by atoms with Crippen LogP contribution in [0.2, 0.25) is 0 Å². The summed E-state index contributed by atoms with van der Waals surface area (Å²) < 4.78 is 32.3. The fourth-order valence-corrected chi connectivity index (χ4v) is 3.30. The van der Waals surface area contributed by atoms with Crippen LogP contribution in [0.3, 0.4) is 0 Å². The Morgan fingerprint density at radius 3 is 1.83 bits per heavy atom. The summed E-state index contributed by atoms with van der Waals surface area (Å²) in [5.41, 5.74) is 0.397. The van der Waals surface area contributed by atoms with Gasteiger partial charge in [0, 0.05) is 4.57 Å². The van der Waals surface area contributed by atoms with Crippen molar-refractivity contribution >= 4 is 20.2 Å². The van der Waals surface area contributed by atoms with Gasteiger partial charge in [-0.3, -0.25) is 0 Å². The van der Waals surface area contributed by atoms with Gasteiger partial charge in [-0.25, -0.2) is 9.59 Å². The topological polar surface area (TPSA) is 129 Å². The van der Waals surface area contributed by atoms with Gasteiger partial charge in [-0.05, 0) is 31.2 Å².